The number of benzene rings is 1. The number of pyridine rings is 1. The number of aromatic nitrogens is 1. The van der Waals surface area contributed by atoms with Crippen LogP contribution in [0, 0.1) is 0 Å². The second kappa shape index (κ2) is 10.3. The van der Waals surface area contributed by atoms with E-state index < -0.39 is 30.2 Å². The van der Waals surface area contributed by atoms with Gasteiger partial charge < -0.3 is 24.4 Å². The fourth-order valence-corrected chi connectivity index (χ4v) is 3.09. The lowest BCUT2D eigenvalue weighted by Gasteiger charge is -2.31. The van der Waals surface area contributed by atoms with Crippen molar-refractivity contribution in [3.8, 4) is 5.88 Å². The van der Waals surface area contributed by atoms with E-state index in [2.05, 4.69) is 10.3 Å². The lowest BCUT2D eigenvalue weighted by atomic mass is 10.1. The summed E-state index contributed by atoms with van der Waals surface area (Å²) in [7, 11) is 0. The molecule has 1 saturated heterocycles. The highest BCUT2D eigenvalue weighted by Gasteiger charge is 2.32. The SMILES string of the molecule is CCOc1ncccc1C(=O)OCC(=O)Nc1cc(C(F)(F)F)ccc1N1CCOCC1. The molecule has 1 aliphatic rings. The Morgan fingerprint density at radius 2 is 1.97 bits per heavy atom. The standard InChI is InChI=1S/C21H22F3N3O5/c1-2-31-19-15(4-3-7-25-19)20(29)32-13-18(28)26-16-12-14(21(22,23)24)5-6-17(16)27-8-10-30-11-9-27/h3-7,12H,2,8-11,13H2,1H3,(H,26,28). The number of ether oxygens (including phenoxy) is 3. The first-order valence-electron chi connectivity index (χ1n) is 9.88. The molecule has 0 atom stereocenters. The molecular formula is C21H22F3N3O5. The van der Waals surface area contributed by atoms with Crippen molar-refractivity contribution in [2.45, 2.75) is 13.1 Å². The maximum atomic E-state index is 13.2. The van der Waals surface area contributed by atoms with Crippen LogP contribution in [-0.2, 0) is 20.4 Å². The van der Waals surface area contributed by atoms with Crippen molar-refractivity contribution in [3.05, 3.63) is 47.7 Å². The number of rotatable bonds is 7. The number of hydrogen-bond acceptors (Lipinski definition) is 7. The number of nitrogens with one attached hydrogen (secondary N) is 1. The van der Waals surface area contributed by atoms with Crippen molar-refractivity contribution in [1.29, 1.82) is 0 Å². The minimum atomic E-state index is -4.58. The van der Waals surface area contributed by atoms with Crippen molar-refractivity contribution < 1.29 is 37.0 Å². The van der Waals surface area contributed by atoms with Crippen molar-refractivity contribution in [1.82, 2.24) is 4.98 Å². The van der Waals surface area contributed by atoms with E-state index in [9.17, 15) is 22.8 Å². The summed E-state index contributed by atoms with van der Waals surface area (Å²) in [5.74, 6) is -1.56. The van der Waals surface area contributed by atoms with E-state index in [4.69, 9.17) is 14.2 Å². The topological polar surface area (TPSA) is 90.0 Å². The van der Waals surface area contributed by atoms with Crippen LogP contribution in [0.2, 0.25) is 0 Å². The zero-order chi connectivity index (χ0) is 23.1. The molecule has 0 bridgehead atoms. The molecule has 32 heavy (non-hydrogen) atoms. The molecule has 1 amide bonds. The third-order valence-electron chi connectivity index (χ3n) is 4.56. The minimum absolute atomic E-state index is 0.0286. The van der Waals surface area contributed by atoms with Crippen LogP contribution in [-0.4, -0.2) is 56.4 Å². The fraction of sp³-hybridized carbons (Fsp3) is 0.381. The third kappa shape index (κ3) is 5.88. The molecule has 0 saturated carbocycles. The van der Waals surface area contributed by atoms with E-state index >= 15 is 0 Å². The predicted molar refractivity (Wildman–Crippen MR) is 109 cm³/mol. The molecule has 2 aromatic rings. The minimum Gasteiger partial charge on any atom is -0.477 e. The van der Waals surface area contributed by atoms with Gasteiger partial charge in [-0.2, -0.15) is 13.2 Å². The van der Waals surface area contributed by atoms with Gasteiger partial charge in [0.25, 0.3) is 5.91 Å². The summed E-state index contributed by atoms with van der Waals surface area (Å²) in [4.78, 5) is 30.4. The number of halogens is 3. The quantitative estimate of drug-likeness (QED) is 0.645. The fourth-order valence-electron chi connectivity index (χ4n) is 3.09. The predicted octanol–water partition coefficient (Wildman–Crippen LogP) is 3.13. The largest absolute Gasteiger partial charge is 0.477 e. The normalized spacial score (nSPS) is 14.1. The number of nitrogens with zero attached hydrogens (tertiary/aromatic N) is 2. The Morgan fingerprint density at radius 3 is 2.66 bits per heavy atom. The molecule has 8 nitrogen and oxygen atoms in total. The monoisotopic (exact) mass is 453 g/mol. The van der Waals surface area contributed by atoms with E-state index in [1.54, 1.807) is 6.92 Å². The highest BCUT2D eigenvalue weighted by Crippen LogP contribution is 2.35. The Hall–Kier alpha value is -3.34. The average Bonchev–Trinajstić information content (AvgIpc) is 2.78. The maximum absolute atomic E-state index is 13.2. The van der Waals surface area contributed by atoms with Crippen LogP contribution in [0.1, 0.15) is 22.8 Å². The lowest BCUT2D eigenvalue weighted by molar-refractivity contribution is -0.137. The van der Waals surface area contributed by atoms with Crippen LogP contribution in [0.5, 0.6) is 5.88 Å². The Morgan fingerprint density at radius 1 is 1.22 bits per heavy atom. The van der Waals surface area contributed by atoms with Crippen molar-refractivity contribution in [2.24, 2.45) is 0 Å². The second-order valence-electron chi connectivity index (χ2n) is 6.74. The smallest absolute Gasteiger partial charge is 0.416 e. The summed E-state index contributed by atoms with van der Waals surface area (Å²) in [5, 5.41) is 2.42. The molecule has 1 N–H and O–H groups in total. The molecule has 172 valence electrons. The molecule has 0 unspecified atom stereocenters. The number of carbonyl (C=O) groups excluding carboxylic acids is 2. The van der Waals surface area contributed by atoms with Gasteiger partial charge in [-0.25, -0.2) is 9.78 Å². The van der Waals surface area contributed by atoms with Gasteiger partial charge in [-0.05, 0) is 37.3 Å². The summed E-state index contributed by atoms with van der Waals surface area (Å²) in [5.41, 5.74) is -0.472. The van der Waals surface area contributed by atoms with Crippen LogP contribution < -0.4 is 15.0 Å². The van der Waals surface area contributed by atoms with Crippen LogP contribution in [0.3, 0.4) is 0 Å². The zero-order valence-corrected chi connectivity index (χ0v) is 17.3. The summed E-state index contributed by atoms with van der Waals surface area (Å²) in [6, 6.07) is 6.06. The highest BCUT2D eigenvalue weighted by atomic mass is 19.4. The molecule has 1 aliphatic heterocycles. The molecule has 1 aromatic heterocycles. The number of alkyl halides is 3. The van der Waals surface area contributed by atoms with Gasteiger partial charge in [0.05, 0.1) is 36.8 Å². The van der Waals surface area contributed by atoms with Crippen molar-refractivity contribution in [3.63, 3.8) is 0 Å². The van der Waals surface area contributed by atoms with E-state index in [-0.39, 0.29) is 23.7 Å². The van der Waals surface area contributed by atoms with E-state index in [1.807, 2.05) is 4.90 Å². The van der Waals surface area contributed by atoms with Gasteiger partial charge in [0.15, 0.2) is 6.61 Å². The number of morpholine rings is 1. The van der Waals surface area contributed by atoms with Gasteiger partial charge in [-0.15, -0.1) is 0 Å². The zero-order valence-electron chi connectivity index (χ0n) is 17.3. The van der Waals surface area contributed by atoms with Gasteiger partial charge in [0.1, 0.15) is 5.56 Å². The maximum Gasteiger partial charge on any atom is 0.416 e. The molecule has 1 aromatic carbocycles. The molecule has 2 heterocycles. The van der Waals surface area contributed by atoms with Gasteiger partial charge in [0.2, 0.25) is 5.88 Å². The van der Waals surface area contributed by atoms with Crippen molar-refractivity contribution in [2.75, 3.05) is 49.7 Å². The number of hydrogen-bond donors (Lipinski definition) is 1. The van der Waals surface area contributed by atoms with Crippen LogP contribution in [0.4, 0.5) is 24.5 Å². The van der Waals surface area contributed by atoms with Crippen molar-refractivity contribution >= 4 is 23.3 Å². The second-order valence-corrected chi connectivity index (χ2v) is 6.74. The molecule has 0 spiro atoms. The third-order valence-corrected chi connectivity index (χ3v) is 4.56. The molecule has 0 radical (unpaired) electrons. The Labute approximate surface area is 182 Å². The summed E-state index contributed by atoms with van der Waals surface area (Å²) in [6.45, 7) is 3.06. The van der Waals surface area contributed by atoms with Crippen LogP contribution in [0.25, 0.3) is 0 Å². The van der Waals surface area contributed by atoms with Gasteiger partial charge >= 0.3 is 12.1 Å². The Balaban J connectivity index is 1.72. The first-order valence-corrected chi connectivity index (χ1v) is 9.88. The van der Waals surface area contributed by atoms with Gasteiger partial charge in [0, 0.05) is 19.3 Å². The van der Waals surface area contributed by atoms with Gasteiger partial charge in [-0.3, -0.25) is 4.79 Å². The highest BCUT2D eigenvalue weighted by molar-refractivity contribution is 5.98. The molecule has 11 heteroatoms. The lowest BCUT2D eigenvalue weighted by Crippen LogP contribution is -2.37. The first kappa shape index (κ1) is 23.3. The number of anilines is 2. The summed E-state index contributed by atoms with van der Waals surface area (Å²) in [6.07, 6.45) is -3.14. The van der Waals surface area contributed by atoms with E-state index in [0.717, 1.165) is 12.1 Å². The molecule has 3 rings (SSSR count). The average molecular weight is 453 g/mol. The van der Waals surface area contributed by atoms with E-state index in [1.165, 1.54) is 24.4 Å². The first-order chi connectivity index (χ1) is 15.3. The van der Waals surface area contributed by atoms with E-state index in [0.29, 0.717) is 32.0 Å². The number of amides is 1. The van der Waals surface area contributed by atoms with Crippen LogP contribution in [0.15, 0.2) is 36.5 Å². The Kier molecular flexibility index (Phi) is 7.52. The molecule has 1 fully saturated rings. The molecular weight excluding hydrogens is 431 g/mol. The number of esters is 1. The molecule has 0 aliphatic carbocycles. The summed E-state index contributed by atoms with van der Waals surface area (Å²) >= 11 is 0. The van der Waals surface area contributed by atoms with Crippen LogP contribution >= 0.6 is 0 Å². The van der Waals surface area contributed by atoms with Gasteiger partial charge in [-0.1, -0.05) is 0 Å². The number of carbonyl (C=O) groups is 2. The summed E-state index contributed by atoms with van der Waals surface area (Å²) < 4.78 is 55.1. The Bertz CT molecular complexity index is 962.